The molecule has 0 atom stereocenters. The van der Waals surface area contributed by atoms with Crippen LogP contribution < -0.4 is 29.6 Å². The van der Waals surface area contributed by atoms with Crippen molar-refractivity contribution >= 4 is 76.6 Å². The van der Waals surface area contributed by atoms with E-state index < -0.39 is 20.0 Å². The summed E-state index contributed by atoms with van der Waals surface area (Å²) in [5.41, 5.74) is 5.32. The summed E-state index contributed by atoms with van der Waals surface area (Å²) < 4.78 is 67.3. The van der Waals surface area contributed by atoms with Gasteiger partial charge in [-0.05, 0) is 96.8 Å². The van der Waals surface area contributed by atoms with Crippen molar-refractivity contribution < 1.29 is 35.9 Å². The number of hydrogen-bond acceptors (Lipinski definition) is 10. The van der Waals surface area contributed by atoms with E-state index in [-0.39, 0.29) is 34.7 Å². The fourth-order valence-corrected chi connectivity index (χ4v) is 8.87. The number of benzene rings is 4. The molecule has 66 heavy (non-hydrogen) atoms. The number of fused-ring (bicyclic) bond motifs is 2. The maximum absolute atomic E-state index is 12.8. The first-order valence-electron chi connectivity index (χ1n) is 20.5. The van der Waals surface area contributed by atoms with Crippen LogP contribution in [-0.2, 0) is 33.1 Å². The molecule has 19 heteroatoms. The Hall–Kier alpha value is -7.41. The zero-order valence-electron chi connectivity index (χ0n) is 35.9. The van der Waals surface area contributed by atoms with Gasteiger partial charge in [0.05, 0.1) is 34.9 Å². The van der Waals surface area contributed by atoms with Crippen LogP contribution in [0.25, 0.3) is 21.8 Å². The number of nitrogens with zero attached hydrogens (tertiary/aromatic N) is 2. The first kappa shape index (κ1) is 46.6. The molecule has 340 valence electrons. The van der Waals surface area contributed by atoms with Crippen molar-refractivity contribution in [2.75, 3.05) is 23.2 Å². The van der Waals surface area contributed by atoms with Gasteiger partial charge in [0.1, 0.15) is 22.9 Å². The number of nitrogens with one attached hydrogen (secondary N) is 6. The fraction of sp³-hybridized carbons (Fsp3) is 0.149. The number of rotatable bonds is 16. The SMILES string of the molecule is CCCOc1ccccc1NS(=O)(=O)c1ccc(CNC(=O)c2nccc3[nH]ccc23)cc1.COc1cc(Cl)c(C)cc1NS(=O)(=O)c1ccc(CNC(=O)c2cc3cnccc3[nH]2)cc1. The van der Waals surface area contributed by atoms with Crippen molar-refractivity contribution in [1.82, 2.24) is 30.6 Å². The molecule has 0 saturated carbocycles. The van der Waals surface area contributed by atoms with Crippen LogP contribution in [0.2, 0.25) is 5.02 Å². The van der Waals surface area contributed by atoms with Crippen LogP contribution >= 0.6 is 11.6 Å². The number of methoxy groups -OCH3 is 1. The number of aromatic nitrogens is 4. The number of carbonyl (C=O) groups is 2. The molecule has 0 aliphatic carbocycles. The van der Waals surface area contributed by atoms with Crippen LogP contribution in [0.1, 0.15) is 51.0 Å². The number of ether oxygens (including phenoxy) is 2. The number of anilines is 2. The second-order valence-electron chi connectivity index (χ2n) is 14.8. The number of sulfonamides is 2. The van der Waals surface area contributed by atoms with E-state index in [1.807, 2.05) is 6.92 Å². The van der Waals surface area contributed by atoms with E-state index in [0.29, 0.717) is 51.5 Å². The van der Waals surface area contributed by atoms with Crippen LogP contribution in [0.5, 0.6) is 11.5 Å². The van der Waals surface area contributed by atoms with Crippen molar-refractivity contribution in [1.29, 1.82) is 0 Å². The summed E-state index contributed by atoms with van der Waals surface area (Å²) in [5, 5.41) is 7.70. The third-order valence-electron chi connectivity index (χ3n) is 10.1. The monoisotopic (exact) mass is 948 g/mol. The maximum Gasteiger partial charge on any atom is 0.270 e. The largest absolute Gasteiger partial charge is 0.495 e. The number of aromatic amines is 2. The minimum Gasteiger partial charge on any atom is -0.495 e. The molecule has 0 saturated heterocycles. The topological polar surface area (TPSA) is 226 Å². The van der Waals surface area contributed by atoms with Crippen molar-refractivity contribution in [2.45, 2.75) is 43.1 Å². The lowest BCUT2D eigenvalue weighted by Gasteiger charge is -2.14. The third-order valence-corrected chi connectivity index (χ3v) is 13.2. The van der Waals surface area contributed by atoms with E-state index in [9.17, 15) is 26.4 Å². The van der Waals surface area contributed by atoms with Crippen molar-refractivity contribution in [3.05, 3.63) is 167 Å². The Morgan fingerprint density at radius 1 is 0.727 bits per heavy atom. The first-order chi connectivity index (χ1) is 31.7. The van der Waals surface area contributed by atoms with Gasteiger partial charge in [-0.1, -0.05) is 54.9 Å². The molecule has 8 rings (SSSR count). The van der Waals surface area contributed by atoms with E-state index in [1.54, 1.807) is 117 Å². The lowest BCUT2D eigenvalue weighted by molar-refractivity contribution is 0.0939. The van der Waals surface area contributed by atoms with E-state index in [0.717, 1.165) is 39.4 Å². The molecule has 16 nitrogen and oxygen atoms in total. The summed E-state index contributed by atoms with van der Waals surface area (Å²) in [6, 6.07) is 29.8. The molecular formula is C47H45ClN8O8S2. The fourth-order valence-electron chi connectivity index (χ4n) is 6.58. The van der Waals surface area contributed by atoms with Gasteiger partial charge in [0.2, 0.25) is 0 Å². The molecule has 4 aromatic carbocycles. The molecule has 0 unspecified atom stereocenters. The Kier molecular flexibility index (Phi) is 14.5. The normalized spacial score (nSPS) is 11.3. The molecule has 0 fully saturated rings. The van der Waals surface area contributed by atoms with E-state index in [2.05, 4.69) is 40.0 Å². The van der Waals surface area contributed by atoms with E-state index >= 15 is 0 Å². The molecule has 0 spiro atoms. The van der Waals surface area contributed by atoms with Crippen molar-refractivity contribution in [2.24, 2.45) is 0 Å². The lowest BCUT2D eigenvalue weighted by Crippen LogP contribution is -2.24. The zero-order chi connectivity index (χ0) is 46.8. The standard InChI is InChI=1S/C24H24N4O4S.C23H21ClN4O4S/c1-2-15-32-22-6-4-3-5-21(22)28-33(30,31)18-9-7-17(8-10-18)16-27-24(29)23-19-11-13-25-20(19)12-14-26-23;1-14-9-20(22(32-2)11-18(14)24)28-33(30,31)17-5-3-15(4-6-17)12-26-23(29)21-10-16-13-25-8-7-19(16)27-21/h3-14,25,28H,2,15-16H2,1H3,(H,27,29);3-11,13,27-28H,12H2,1-2H3,(H,26,29). The Balaban J connectivity index is 0.000000196. The smallest absolute Gasteiger partial charge is 0.270 e. The van der Waals surface area contributed by atoms with Gasteiger partial charge in [-0.25, -0.2) is 16.8 Å². The van der Waals surface area contributed by atoms with Crippen LogP contribution in [0.3, 0.4) is 0 Å². The highest BCUT2D eigenvalue weighted by atomic mass is 35.5. The van der Waals surface area contributed by atoms with Gasteiger partial charge in [-0.2, -0.15) is 0 Å². The molecule has 8 aromatic rings. The number of aryl methyl sites for hydroxylation is 1. The van der Waals surface area contributed by atoms with Gasteiger partial charge in [-0.3, -0.25) is 29.0 Å². The van der Waals surface area contributed by atoms with Gasteiger partial charge >= 0.3 is 0 Å². The van der Waals surface area contributed by atoms with Crippen molar-refractivity contribution in [3.8, 4) is 11.5 Å². The molecule has 0 radical (unpaired) electrons. The van der Waals surface area contributed by atoms with Crippen LogP contribution in [-0.4, -0.2) is 62.3 Å². The number of amides is 2. The number of pyridine rings is 2. The summed E-state index contributed by atoms with van der Waals surface area (Å²) in [4.78, 5) is 39.5. The van der Waals surface area contributed by atoms with Gasteiger partial charge < -0.3 is 30.1 Å². The second kappa shape index (κ2) is 20.6. The minimum absolute atomic E-state index is 0.0790. The Morgan fingerprint density at radius 3 is 2.02 bits per heavy atom. The highest BCUT2D eigenvalue weighted by molar-refractivity contribution is 7.93. The lowest BCUT2D eigenvalue weighted by atomic mass is 10.2. The Bertz CT molecular complexity index is 3200. The maximum atomic E-state index is 12.8. The predicted octanol–water partition coefficient (Wildman–Crippen LogP) is 8.35. The summed E-state index contributed by atoms with van der Waals surface area (Å²) in [7, 11) is -6.21. The quantitative estimate of drug-likeness (QED) is 0.0543. The number of H-pyrrole nitrogens is 2. The molecule has 2 amide bonds. The number of hydrogen-bond donors (Lipinski definition) is 6. The average molecular weight is 950 g/mol. The molecule has 4 aromatic heterocycles. The average Bonchev–Trinajstić information content (AvgIpc) is 3.99. The van der Waals surface area contributed by atoms with Gasteiger partial charge in [0.25, 0.3) is 31.9 Å². The van der Waals surface area contributed by atoms with Gasteiger partial charge in [0.15, 0.2) is 0 Å². The minimum atomic E-state index is -3.85. The summed E-state index contributed by atoms with van der Waals surface area (Å²) in [6.07, 6.45) is 7.47. The second-order valence-corrected chi connectivity index (χ2v) is 18.5. The number of halogens is 1. The molecule has 0 aliphatic rings. The highest BCUT2D eigenvalue weighted by Gasteiger charge is 2.20. The van der Waals surface area contributed by atoms with Crippen LogP contribution in [0, 0.1) is 6.92 Å². The van der Waals surface area contributed by atoms with Crippen LogP contribution in [0.15, 0.2) is 144 Å². The van der Waals surface area contributed by atoms with Gasteiger partial charge in [0, 0.05) is 70.8 Å². The first-order valence-corrected chi connectivity index (χ1v) is 23.8. The number of para-hydroxylation sites is 2. The predicted molar refractivity (Wildman–Crippen MR) is 254 cm³/mol. The zero-order valence-corrected chi connectivity index (χ0v) is 38.3. The molecular weight excluding hydrogens is 904 g/mol. The molecule has 0 bridgehead atoms. The summed E-state index contributed by atoms with van der Waals surface area (Å²) in [5.74, 6) is 0.228. The highest BCUT2D eigenvalue weighted by Crippen LogP contribution is 2.33. The summed E-state index contributed by atoms with van der Waals surface area (Å²) in [6.45, 7) is 4.73. The van der Waals surface area contributed by atoms with E-state index in [1.165, 1.54) is 31.4 Å². The Labute approximate surface area is 386 Å². The molecule has 0 aliphatic heterocycles. The third kappa shape index (κ3) is 11.3. The molecule has 4 heterocycles. The molecule has 6 N–H and O–H groups in total. The van der Waals surface area contributed by atoms with Crippen molar-refractivity contribution in [3.63, 3.8) is 0 Å². The van der Waals surface area contributed by atoms with Crippen LogP contribution in [0.4, 0.5) is 11.4 Å². The Morgan fingerprint density at radius 2 is 1.36 bits per heavy atom. The number of carbonyl (C=O) groups excluding carboxylic acids is 2. The van der Waals surface area contributed by atoms with Gasteiger partial charge in [-0.15, -0.1) is 0 Å². The van der Waals surface area contributed by atoms with E-state index in [4.69, 9.17) is 21.1 Å². The summed E-state index contributed by atoms with van der Waals surface area (Å²) >= 11 is 6.09.